The van der Waals surface area contributed by atoms with Gasteiger partial charge < -0.3 is 5.32 Å². The third kappa shape index (κ3) is 3.66. The molecule has 0 saturated carbocycles. The van der Waals surface area contributed by atoms with E-state index in [4.69, 9.17) is 0 Å². The molecule has 0 amide bonds. The summed E-state index contributed by atoms with van der Waals surface area (Å²) in [5, 5.41) is 2.62. The van der Waals surface area contributed by atoms with Gasteiger partial charge >= 0.3 is 6.18 Å². The number of halogens is 4. The highest BCUT2D eigenvalue weighted by Gasteiger charge is 2.32. The van der Waals surface area contributed by atoms with E-state index in [-0.39, 0.29) is 8.79 Å². The Hall–Kier alpha value is -0.270. The molecule has 82 valence electrons. The summed E-state index contributed by atoms with van der Waals surface area (Å²) in [7, 11) is 0. The molecule has 0 saturated heterocycles. The predicted octanol–water partition coefficient (Wildman–Crippen LogP) is 4.09. The number of benzene rings is 1. The zero-order valence-electron chi connectivity index (χ0n) is 7.10. The Morgan fingerprint density at radius 1 is 1.40 bits per heavy atom. The highest BCUT2D eigenvalue weighted by molar-refractivity contribution is 9.10. The molecule has 0 radical (unpaired) electrons. The van der Waals surface area contributed by atoms with Crippen LogP contribution in [-0.4, -0.2) is 4.32 Å². The van der Waals surface area contributed by atoms with Crippen LogP contribution in [-0.2, 0) is 6.18 Å². The molecule has 1 nitrogen and oxygen atoms in total. The van der Waals surface area contributed by atoms with Crippen LogP contribution in [0.1, 0.15) is 5.56 Å². The number of thiol groups is 1. The Morgan fingerprint density at radius 2 is 2.00 bits per heavy atom. The fraction of sp³-hybridized carbons (Fsp3) is 0.125. The van der Waals surface area contributed by atoms with Crippen molar-refractivity contribution in [2.24, 2.45) is 0 Å². The second-order valence-corrected chi connectivity index (χ2v) is 4.63. The Kier molecular flexibility index (Phi) is 4.02. The van der Waals surface area contributed by atoms with Gasteiger partial charge in [-0.1, -0.05) is 28.1 Å². The lowest BCUT2D eigenvalue weighted by Crippen LogP contribution is -2.07. The van der Waals surface area contributed by atoms with E-state index in [1.54, 1.807) is 0 Å². The number of hydrogen-bond donors (Lipinski definition) is 2. The number of thiocarbonyl (C=S) groups is 1. The SMILES string of the molecule is FC(F)(F)c1ccc(NC(=S)S)cc1Br. The molecule has 0 aliphatic heterocycles. The van der Waals surface area contributed by atoms with E-state index in [1.807, 2.05) is 0 Å². The van der Waals surface area contributed by atoms with Gasteiger partial charge in [-0.05, 0) is 18.2 Å². The maximum Gasteiger partial charge on any atom is 0.417 e. The molecule has 1 rings (SSSR count). The van der Waals surface area contributed by atoms with Crippen molar-refractivity contribution in [3.05, 3.63) is 28.2 Å². The maximum atomic E-state index is 12.4. The number of rotatable bonds is 1. The molecule has 1 N–H and O–H groups in total. The Balaban J connectivity index is 3.04. The van der Waals surface area contributed by atoms with Gasteiger partial charge in [-0.2, -0.15) is 13.2 Å². The zero-order valence-corrected chi connectivity index (χ0v) is 10.4. The first-order valence-electron chi connectivity index (χ1n) is 3.67. The van der Waals surface area contributed by atoms with Gasteiger partial charge in [0.25, 0.3) is 0 Å². The molecular formula is C8H5BrF3NS2. The average Bonchev–Trinajstić information content (AvgIpc) is 1.99. The van der Waals surface area contributed by atoms with Gasteiger partial charge in [0, 0.05) is 10.2 Å². The van der Waals surface area contributed by atoms with Gasteiger partial charge in [-0.15, -0.1) is 12.6 Å². The third-order valence-electron chi connectivity index (χ3n) is 1.53. The van der Waals surface area contributed by atoms with Crippen LogP contribution in [0.15, 0.2) is 22.7 Å². The van der Waals surface area contributed by atoms with Crippen LogP contribution < -0.4 is 5.32 Å². The molecule has 0 aromatic heterocycles. The van der Waals surface area contributed by atoms with Crippen LogP contribution in [0.3, 0.4) is 0 Å². The fourth-order valence-electron chi connectivity index (χ4n) is 0.946. The largest absolute Gasteiger partial charge is 0.417 e. The number of alkyl halides is 3. The first-order valence-corrected chi connectivity index (χ1v) is 5.32. The van der Waals surface area contributed by atoms with Crippen molar-refractivity contribution < 1.29 is 13.2 Å². The Labute approximate surface area is 104 Å². The summed E-state index contributed by atoms with van der Waals surface area (Å²) < 4.78 is 37.2. The number of anilines is 1. The van der Waals surface area contributed by atoms with Gasteiger partial charge in [0.15, 0.2) is 0 Å². The quantitative estimate of drug-likeness (QED) is 0.598. The van der Waals surface area contributed by atoms with Crippen LogP contribution in [0.4, 0.5) is 18.9 Å². The lowest BCUT2D eigenvalue weighted by molar-refractivity contribution is -0.138. The predicted molar refractivity (Wildman–Crippen MR) is 64.4 cm³/mol. The minimum Gasteiger partial charge on any atom is -0.341 e. The van der Waals surface area contributed by atoms with E-state index < -0.39 is 11.7 Å². The first kappa shape index (κ1) is 12.8. The summed E-state index contributed by atoms with van der Waals surface area (Å²) >= 11 is 11.3. The molecule has 1 aromatic carbocycles. The van der Waals surface area contributed by atoms with E-state index in [2.05, 4.69) is 46.1 Å². The van der Waals surface area contributed by atoms with Crippen LogP contribution in [0.5, 0.6) is 0 Å². The van der Waals surface area contributed by atoms with Crippen molar-refractivity contribution in [2.45, 2.75) is 6.18 Å². The molecule has 0 aliphatic carbocycles. The smallest absolute Gasteiger partial charge is 0.341 e. The molecule has 7 heteroatoms. The molecule has 1 aromatic rings. The monoisotopic (exact) mass is 315 g/mol. The average molecular weight is 316 g/mol. The van der Waals surface area contributed by atoms with Crippen LogP contribution >= 0.6 is 40.8 Å². The van der Waals surface area contributed by atoms with Crippen LogP contribution in [0, 0.1) is 0 Å². The number of nitrogens with one attached hydrogen (secondary N) is 1. The molecule has 0 aliphatic rings. The zero-order chi connectivity index (χ0) is 11.6. The van der Waals surface area contributed by atoms with Crippen molar-refractivity contribution in [2.75, 3.05) is 5.32 Å². The Morgan fingerprint density at radius 3 is 2.40 bits per heavy atom. The maximum absolute atomic E-state index is 12.4. The second kappa shape index (κ2) is 4.71. The summed E-state index contributed by atoms with van der Waals surface area (Å²) in [6, 6.07) is 3.56. The summed E-state index contributed by atoms with van der Waals surface area (Å²) in [4.78, 5) is 0. The van der Waals surface area contributed by atoms with Gasteiger partial charge in [0.05, 0.1) is 5.56 Å². The molecule has 0 atom stereocenters. The minimum atomic E-state index is -4.36. The standard InChI is InChI=1S/C8H5BrF3NS2/c9-6-3-4(13-7(14)15)1-2-5(6)8(10,11)12/h1-3H,(H2,13,14,15). The molecule has 0 unspecified atom stereocenters. The summed E-state index contributed by atoms with van der Waals surface area (Å²) in [5.74, 6) is 0. The van der Waals surface area contributed by atoms with Crippen LogP contribution in [0.25, 0.3) is 0 Å². The highest BCUT2D eigenvalue weighted by atomic mass is 79.9. The summed E-state index contributed by atoms with van der Waals surface area (Å²) in [6.45, 7) is 0. The van der Waals surface area contributed by atoms with E-state index in [9.17, 15) is 13.2 Å². The van der Waals surface area contributed by atoms with Crippen molar-refractivity contribution >= 4 is 50.8 Å². The molecule has 0 spiro atoms. The summed E-state index contributed by atoms with van der Waals surface area (Å²) in [6.07, 6.45) is -4.36. The van der Waals surface area contributed by atoms with Crippen molar-refractivity contribution in [1.82, 2.24) is 0 Å². The first-order chi connectivity index (χ1) is 6.80. The topological polar surface area (TPSA) is 12.0 Å². The van der Waals surface area contributed by atoms with Crippen LogP contribution in [0.2, 0.25) is 0 Å². The van der Waals surface area contributed by atoms with E-state index >= 15 is 0 Å². The minimum absolute atomic E-state index is 0.0374. The molecule has 0 bridgehead atoms. The van der Waals surface area contributed by atoms with E-state index in [0.29, 0.717) is 5.69 Å². The fourth-order valence-corrected chi connectivity index (χ4v) is 1.80. The second-order valence-electron chi connectivity index (χ2n) is 2.62. The van der Waals surface area contributed by atoms with Crippen molar-refractivity contribution in [1.29, 1.82) is 0 Å². The summed E-state index contributed by atoms with van der Waals surface area (Å²) in [5.41, 5.74) is -0.270. The van der Waals surface area contributed by atoms with E-state index in [1.165, 1.54) is 12.1 Å². The van der Waals surface area contributed by atoms with Gasteiger partial charge in [-0.25, -0.2) is 0 Å². The Bertz CT molecular complexity index is 392. The number of hydrogen-bond acceptors (Lipinski definition) is 1. The third-order valence-corrected chi connectivity index (χ3v) is 2.40. The highest BCUT2D eigenvalue weighted by Crippen LogP contribution is 2.36. The molecule has 0 heterocycles. The lowest BCUT2D eigenvalue weighted by atomic mass is 10.2. The molecular weight excluding hydrogens is 311 g/mol. The van der Waals surface area contributed by atoms with Crippen molar-refractivity contribution in [3.63, 3.8) is 0 Å². The molecule has 15 heavy (non-hydrogen) atoms. The lowest BCUT2D eigenvalue weighted by Gasteiger charge is -2.10. The van der Waals surface area contributed by atoms with Crippen molar-refractivity contribution in [3.8, 4) is 0 Å². The van der Waals surface area contributed by atoms with Gasteiger partial charge in [0.2, 0.25) is 0 Å². The molecule has 0 fully saturated rings. The van der Waals surface area contributed by atoms with E-state index in [0.717, 1.165) is 6.07 Å². The van der Waals surface area contributed by atoms with Gasteiger partial charge in [-0.3, -0.25) is 0 Å². The van der Waals surface area contributed by atoms with Gasteiger partial charge in [0.1, 0.15) is 4.32 Å². The normalized spacial score (nSPS) is 11.3.